The molecular formula is C29H26O9. The van der Waals surface area contributed by atoms with E-state index < -0.39 is 11.9 Å². The molecule has 0 aliphatic carbocycles. The summed E-state index contributed by atoms with van der Waals surface area (Å²) in [4.78, 5) is 26.5. The number of fused-ring (bicyclic) bond motifs is 3. The van der Waals surface area contributed by atoms with Crippen LogP contribution in [0.2, 0.25) is 0 Å². The maximum Gasteiger partial charge on any atom is 0.312 e. The molecule has 2 heterocycles. The van der Waals surface area contributed by atoms with E-state index in [0.717, 1.165) is 0 Å². The number of ether oxygens (including phenoxy) is 6. The van der Waals surface area contributed by atoms with Crippen molar-refractivity contribution in [2.75, 3.05) is 35.5 Å². The highest BCUT2D eigenvalue weighted by molar-refractivity contribution is 5.94. The smallest absolute Gasteiger partial charge is 0.312 e. The zero-order valence-electron chi connectivity index (χ0n) is 21.6. The van der Waals surface area contributed by atoms with Gasteiger partial charge in [-0.25, -0.2) is 0 Å². The second-order valence-corrected chi connectivity index (χ2v) is 8.59. The number of esters is 1. The molecule has 0 fully saturated rings. The highest BCUT2D eigenvalue weighted by Crippen LogP contribution is 2.49. The van der Waals surface area contributed by atoms with E-state index in [-0.39, 0.29) is 34.3 Å². The first kappa shape index (κ1) is 25.0. The van der Waals surface area contributed by atoms with Gasteiger partial charge >= 0.3 is 5.97 Å². The first-order valence-corrected chi connectivity index (χ1v) is 11.7. The summed E-state index contributed by atoms with van der Waals surface area (Å²) < 4.78 is 39.0. The van der Waals surface area contributed by atoms with Crippen LogP contribution in [0.1, 0.15) is 23.5 Å². The van der Waals surface area contributed by atoms with Gasteiger partial charge in [0.15, 0.2) is 11.5 Å². The minimum Gasteiger partial charge on any atom is -0.497 e. The van der Waals surface area contributed by atoms with Crippen LogP contribution in [-0.2, 0) is 4.79 Å². The van der Waals surface area contributed by atoms with E-state index >= 15 is 0 Å². The number of methoxy groups -OCH3 is 5. The maximum atomic E-state index is 13.8. The van der Waals surface area contributed by atoms with Gasteiger partial charge in [0.1, 0.15) is 34.5 Å². The monoisotopic (exact) mass is 518 g/mol. The fourth-order valence-electron chi connectivity index (χ4n) is 4.84. The topological polar surface area (TPSA) is 103 Å². The molecule has 1 aliphatic rings. The minimum atomic E-state index is -0.525. The Morgan fingerprint density at radius 3 is 2.03 bits per heavy atom. The Morgan fingerprint density at radius 2 is 1.45 bits per heavy atom. The highest BCUT2D eigenvalue weighted by atomic mass is 16.5. The number of benzene rings is 3. The molecule has 38 heavy (non-hydrogen) atoms. The van der Waals surface area contributed by atoms with Gasteiger partial charge in [-0.15, -0.1) is 0 Å². The average Bonchev–Trinajstić information content (AvgIpc) is 2.95. The summed E-state index contributed by atoms with van der Waals surface area (Å²) in [6.45, 7) is 0. The van der Waals surface area contributed by atoms with Crippen molar-refractivity contribution in [3.05, 3.63) is 70.1 Å². The zero-order chi connectivity index (χ0) is 27.0. The molecule has 1 unspecified atom stereocenters. The molecule has 0 N–H and O–H groups in total. The summed E-state index contributed by atoms with van der Waals surface area (Å²) in [6, 6.07) is 12.2. The Morgan fingerprint density at radius 1 is 0.789 bits per heavy atom. The summed E-state index contributed by atoms with van der Waals surface area (Å²) >= 11 is 0. The van der Waals surface area contributed by atoms with E-state index in [2.05, 4.69) is 0 Å². The van der Waals surface area contributed by atoms with Gasteiger partial charge in [-0.3, -0.25) is 9.59 Å². The number of hydrogen-bond donors (Lipinski definition) is 0. The lowest BCUT2D eigenvalue weighted by Crippen LogP contribution is -2.22. The molecule has 5 rings (SSSR count). The predicted octanol–water partition coefficient (Wildman–Crippen LogP) is 4.94. The van der Waals surface area contributed by atoms with Crippen LogP contribution in [-0.4, -0.2) is 41.5 Å². The molecule has 9 nitrogen and oxygen atoms in total. The Kier molecular flexibility index (Phi) is 6.59. The summed E-state index contributed by atoms with van der Waals surface area (Å²) in [5.41, 5.74) is 2.26. The molecule has 3 aromatic carbocycles. The second-order valence-electron chi connectivity index (χ2n) is 8.59. The third-order valence-corrected chi connectivity index (χ3v) is 6.67. The standard InChI is InChI=1S/C29H26O9/c1-32-17-8-6-15(7-9-17)19-14-37-29-25-18(16-10-22(34-3)28(36-5)23(11-16)35-4)12-24(30)38-21(25)13-20(33-2)26(29)27(19)31/h6-11,13-14,18H,12H2,1-5H3. The van der Waals surface area contributed by atoms with Crippen molar-refractivity contribution in [1.29, 1.82) is 0 Å². The van der Waals surface area contributed by atoms with Crippen LogP contribution in [0.5, 0.6) is 34.5 Å². The maximum absolute atomic E-state index is 13.8. The molecule has 0 amide bonds. The average molecular weight is 519 g/mol. The van der Waals surface area contributed by atoms with E-state index in [1.165, 1.54) is 34.7 Å². The van der Waals surface area contributed by atoms with Crippen molar-refractivity contribution >= 4 is 16.9 Å². The summed E-state index contributed by atoms with van der Waals surface area (Å²) in [7, 11) is 7.57. The van der Waals surface area contributed by atoms with Gasteiger partial charge in [-0.05, 0) is 35.4 Å². The number of rotatable bonds is 7. The molecule has 1 aromatic heterocycles. The molecule has 1 atom stereocenters. The van der Waals surface area contributed by atoms with Crippen molar-refractivity contribution in [2.45, 2.75) is 12.3 Å². The Hall–Kier alpha value is -4.66. The zero-order valence-corrected chi connectivity index (χ0v) is 21.6. The van der Waals surface area contributed by atoms with Crippen molar-refractivity contribution < 1.29 is 37.6 Å². The largest absolute Gasteiger partial charge is 0.497 e. The quantitative estimate of drug-likeness (QED) is 0.248. The van der Waals surface area contributed by atoms with Gasteiger partial charge < -0.3 is 32.8 Å². The third-order valence-electron chi connectivity index (χ3n) is 6.67. The fraction of sp³-hybridized carbons (Fsp3) is 0.241. The molecule has 0 spiro atoms. The first-order chi connectivity index (χ1) is 18.4. The lowest BCUT2D eigenvalue weighted by Gasteiger charge is -2.27. The van der Waals surface area contributed by atoms with Crippen LogP contribution in [0.3, 0.4) is 0 Å². The van der Waals surface area contributed by atoms with Gasteiger partial charge in [0.25, 0.3) is 0 Å². The lowest BCUT2D eigenvalue weighted by atomic mass is 9.84. The van der Waals surface area contributed by atoms with Crippen LogP contribution in [0.15, 0.2) is 57.9 Å². The normalized spacial score (nSPS) is 14.4. The molecule has 0 bridgehead atoms. The van der Waals surface area contributed by atoms with Crippen molar-refractivity contribution in [1.82, 2.24) is 0 Å². The summed E-state index contributed by atoms with van der Waals surface area (Å²) in [5.74, 6) is 1.49. The van der Waals surface area contributed by atoms with Gasteiger partial charge in [-0.2, -0.15) is 0 Å². The van der Waals surface area contributed by atoms with E-state index in [9.17, 15) is 9.59 Å². The van der Waals surface area contributed by atoms with Crippen LogP contribution in [0.4, 0.5) is 0 Å². The fourth-order valence-corrected chi connectivity index (χ4v) is 4.84. The number of hydrogen-bond acceptors (Lipinski definition) is 9. The second kappa shape index (κ2) is 10.0. The van der Waals surface area contributed by atoms with E-state index in [0.29, 0.717) is 45.3 Å². The molecule has 9 heteroatoms. The van der Waals surface area contributed by atoms with Crippen molar-refractivity contribution in [3.8, 4) is 45.6 Å². The molecule has 1 aliphatic heterocycles. The Balaban J connectivity index is 1.77. The SMILES string of the molecule is COc1ccc(-c2coc3c4c(cc(OC)c3c2=O)OC(=O)CC4c2cc(OC)c(OC)c(OC)c2)cc1. The predicted molar refractivity (Wildman–Crippen MR) is 139 cm³/mol. The van der Waals surface area contributed by atoms with Gasteiger partial charge in [0.05, 0.1) is 47.5 Å². The van der Waals surface area contributed by atoms with Crippen molar-refractivity contribution in [2.24, 2.45) is 0 Å². The highest BCUT2D eigenvalue weighted by Gasteiger charge is 2.35. The third kappa shape index (κ3) is 4.06. The minimum absolute atomic E-state index is 0.0109. The van der Waals surface area contributed by atoms with Gasteiger partial charge in [0.2, 0.25) is 11.2 Å². The molecule has 0 saturated heterocycles. The molecule has 0 radical (unpaired) electrons. The van der Waals surface area contributed by atoms with Gasteiger partial charge in [-0.1, -0.05) is 12.1 Å². The first-order valence-electron chi connectivity index (χ1n) is 11.7. The van der Waals surface area contributed by atoms with E-state index in [1.54, 1.807) is 49.6 Å². The number of carbonyl (C=O) groups excluding carboxylic acids is 1. The Labute approximate surface area is 218 Å². The van der Waals surface area contributed by atoms with E-state index in [1.807, 2.05) is 0 Å². The van der Waals surface area contributed by atoms with Crippen LogP contribution >= 0.6 is 0 Å². The van der Waals surface area contributed by atoms with Crippen molar-refractivity contribution in [3.63, 3.8) is 0 Å². The van der Waals surface area contributed by atoms with Crippen LogP contribution in [0.25, 0.3) is 22.1 Å². The van der Waals surface area contributed by atoms with Crippen LogP contribution in [0, 0.1) is 0 Å². The van der Waals surface area contributed by atoms with E-state index in [4.69, 9.17) is 32.8 Å². The van der Waals surface area contributed by atoms with Crippen LogP contribution < -0.4 is 33.8 Å². The lowest BCUT2D eigenvalue weighted by molar-refractivity contribution is -0.135. The summed E-state index contributed by atoms with van der Waals surface area (Å²) in [5, 5.41) is 0.245. The molecule has 196 valence electrons. The molecular weight excluding hydrogens is 492 g/mol. The van der Waals surface area contributed by atoms with Gasteiger partial charge in [0, 0.05) is 17.5 Å². The molecule has 0 saturated carbocycles. The Bertz CT molecular complexity index is 1560. The molecule has 4 aromatic rings. The summed E-state index contributed by atoms with van der Waals surface area (Å²) in [6.07, 6.45) is 1.42. The number of carbonyl (C=O) groups is 1.